The molecule has 0 nitrogen and oxygen atoms in total. The molecule has 0 N–H and O–H groups in total. The lowest BCUT2D eigenvalue weighted by Gasteiger charge is -2.17. The fourth-order valence-corrected chi connectivity index (χ4v) is 9.30. The molecule has 12 rings (SSSR count). The van der Waals surface area contributed by atoms with Gasteiger partial charge in [0.05, 0.1) is 0 Å². The summed E-state index contributed by atoms with van der Waals surface area (Å²) in [5, 5.41) is 23.6. The van der Waals surface area contributed by atoms with Gasteiger partial charge in [0, 0.05) is 0 Å². The highest BCUT2D eigenvalue weighted by Crippen LogP contribution is 2.45. The van der Waals surface area contributed by atoms with Crippen LogP contribution in [-0.4, -0.2) is 0 Å². The number of hydrogen-bond donors (Lipinski definition) is 0. The van der Waals surface area contributed by atoms with Gasteiger partial charge in [-0.15, -0.1) is 0 Å². The van der Waals surface area contributed by atoms with Gasteiger partial charge in [0.15, 0.2) is 0 Å². The van der Waals surface area contributed by atoms with E-state index in [-0.39, 0.29) is 0 Å². The summed E-state index contributed by atoms with van der Waals surface area (Å²) in [6.45, 7) is 0. The largest absolute Gasteiger partial charge is 0.0610 e. The highest BCUT2D eigenvalue weighted by Gasteiger charge is 2.17. The fraction of sp³-hybridized carbons (Fsp3) is 0. The Morgan fingerprint density at radius 1 is 0.200 bits per heavy atom. The molecule has 12 aromatic carbocycles. The van der Waals surface area contributed by atoms with Gasteiger partial charge in [-0.05, 0) is 137 Å². The Kier molecular flexibility index (Phi) is 5.06. The Balaban J connectivity index is 1.18. The normalized spacial score (nSPS) is 12.4. The Morgan fingerprint density at radius 2 is 0.620 bits per heavy atom. The SMILES string of the molecule is c1cc(-c2cc3ccc4cccc5c6cccc7ccc8cccc(c(c2)c3c45)c8c76)cc(-c2ccc3ccc4cccc5ccc2c3c45)c1. The molecule has 0 aliphatic rings. The smallest absolute Gasteiger partial charge is 0.00199 e. The van der Waals surface area contributed by atoms with Crippen LogP contribution >= 0.6 is 0 Å². The maximum atomic E-state index is 2.46. The van der Waals surface area contributed by atoms with E-state index in [0.717, 1.165) is 0 Å². The van der Waals surface area contributed by atoms with Crippen LogP contribution in [-0.2, 0) is 0 Å². The number of fused-ring (bicyclic) bond motifs is 2. The molecule has 0 atom stereocenters. The Labute approximate surface area is 288 Å². The van der Waals surface area contributed by atoms with Crippen LogP contribution in [0, 0.1) is 0 Å². The molecule has 0 saturated carbocycles. The van der Waals surface area contributed by atoms with Crippen molar-refractivity contribution in [1.82, 2.24) is 0 Å². The average molecular weight is 629 g/mol. The van der Waals surface area contributed by atoms with Gasteiger partial charge in [0.25, 0.3) is 0 Å². The molecule has 0 heterocycles. The molecule has 12 aromatic rings. The van der Waals surface area contributed by atoms with Crippen LogP contribution in [0.3, 0.4) is 0 Å². The molecule has 228 valence electrons. The maximum absolute atomic E-state index is 2.46. The number of benzene rings is 11. The van der Waals surface area contributed by atoms with Crippen LogP contribution in [0.25, 0.3) is 119 Å². The van der Waals surface area contributed by atoms with Crippen LogP contribution < -0.4 is 0 Å². The monoisotopic (exact) mass is 628 g/mol. The first-order valence-corrected chi connectivity index (χ1v) is 17.5. The predicted octanol–water partition coefficient (Wildman–Crippen LogP) is 14.3. The van der Waals surface area contributed by atoms with E-state index in [4.69, 9.17) is 0 Å². The highest BCUT2D eigenvalue weighted by molar-refractivity contribution is 6.37. The van der Waals surface area contributed by atoms with Gasteiger partial charge in [-0.3, -0.25) is 0 Å². The second-order valence-electron chi connectivity index (χ2n) is 14.0. The summed E-state index contributed by atoms with van der Waals surface area (Å²) < 4.78 is 0. The van der Waals surface area contributed by atoms with E-state index >= 15 is 0 Å². The third-order valence-electron chi connectivity index (χ3n) is 11.5. The number of hydrogen-bond acceptors (Lipinski definition) is 0. The molecule has 0 aromatic heterocycles. The molecule has 0 bridgehead atoms. The number of rotatable bonds is 2. The first-order chi connectivity index (χ1) is 24.8. The van der Waals surface area contributed by atoms with Crippen LogP contribution in [0.5, 0.6) is 0 Å². The van der Waals surface area contributed by atoms with Gasteiger partial charge < -0.3 is 0 Å². The van der Waals surface area contributed by atoms with E-state index < -0.39 is 0 Å². The zero-order chi connectivity index (χ0) is 32.5. The molecule has 0 saturated heterocycles. The highest BCUT2D eigenvalue weighted by atomic mass is 14.2. The van der Waals surface area contributed by atoms with Crippen molar-refractivity contribution < 1.29 is 0 Å². The topological polar surface area (TPSA) is 0 Å². The standard InChI is InChI=1S/C50H28/c1-6-29-16-19-34-22-24-39(43-25-23-30(7-1)45(29)46(34)43)36-12-2-11-35(26-36)38-27-37-21-20-33-9-4-14-41-40-13-3-8-31-17-18-32-10-5-15-42(49(32)47(31)40)44(28-38)50(37)48(33)41/h1-28H. The minimum atomic E-state index is 1.23. The zero-order valence-corrected chi connectivity index (χ0v) is 27.2. The second kappa shape index (κ2) is 9.56. The Bertz CT molecular complexity index is 3340. The first-order valence-electron chi connectivity index (χ1n) is 17.5. The molecule has 0 unspecified atom stereocenters. The molecule has 0 fully saturated rings. The van der Waals surface area contributed by atoms with Gasteiger partial charge in [-0.2, -0.15) is 0 Å². The van der Waals surface area contributed by atoms with E-state index in [1.165, 1.54) is 119 Å². The van der Waals surface area contributed by atoms with Crippen molar-refractivity contribution in [3.63, 3.8) is 0 Å². The van der Waals surface area contributed by atoms with Crippen molar-refractivity contribution in [2.24, 2.45) is 0 Å². The van der Waals surface area contributed by atoms with Crippen LogP contribution in [0.1, 0.15) is 0 Å². The quantitative estimate of drug-likeness (QED) is 0.167. The lowest BCUT2D eigenvalue weighted by molar-refractivity contribution is 1.63. The van der Waals surface area contributed by atoms with Gasteiger partial charge in [0.1, 0.15) is 0 Å². The van der Waals surface area contributed by atoms with Gasteiger partial charge in [0.2, 0.25) is 0 Å². The van der Waals surface area contributed by atoms with Crippen molar-refractivity contribution in [3.05, 3.63) is 170 Å². The van der Waals surface area contributed by atoms with Crippen LogP contribution in [0.15, 0.2) is 170 Å². The summed E-state index contributed by atoms with van der Waals surface area (Å²) in [5.74, 6) is 0. The van der Waals surface area contributed by atoms with E-state index in [0.29, 0.717) is 0 Å². The van der Waals surface area contributed by atoms with Crippen molar-refractivity contribution in [1.29, 1.82) is 0 Å². The average Bonchev–Trinajstić information content (AvgIpc) is 3.18. The molecule has 0 heteroatoms. The zero-order valence-electron chi connectivity index (χ0n) is 27.2. The molecule has 0 spiro atoms. The molecular weight excluding hydrogens is 601 g/mol. The Morgan fingerprint density at radius 3 is 1.26 bits per heavy atom. The molecule has 0 aliphatic heterocycles. The summed E-state index contributed by atoms with van der Waals surface area (Å²) in [6.07, 6.45) is 0. The molecule has 0 amide bonds. The van der Waals surface area contributed by atoms with Gasteiger partial charge in [-0.25, -0.2) is 0 Å². The summed E-state index contributed by atoms with van der Waals surface area (Å²) in [7, 11) is 0. The van der Waals surface area contributed by atoms with Gasteiger partial charge in [-0.1, -0.05) is 152 Å². The summed E-state index contributed by atoms with van der Waals surface area (Å²) in [5.41, 5.74) is 4.98. The van der Waals surface area contributed by atoms with Crippen molar-refractivity contribution in [2.45, 2.75) is 0 Å². The van der Waals surface area contributed by atoms with Crippen LogP contribution in [0.2, 0.25) is 0 Å². The predicted molar refractivity (Wildman–Crippen MR) is 217 cm³/mol. The van der Waals surface area contributed by atoms with Crippen molar-refractivity contribution in [3.8, 4) is 22.3 Å². The van der Waals surface area contributed by atoms with Crippen LogP contribution in [0.4, 0.5) is 0 Å². The van der Waals surface area contributed by atoms with E-state index in [9.17, 15) is 0 Å². The molecule has 0 radical (unpaired) electrons. The first kappa shape index (κ1) is 26.5. The second-order valence-corrected chi connectivity index (χ2v) is 14.0. The summed E-state index contributed by atoms with van der Waals surface area (Å²) in [6, 6.07) is 64.1. The molecule has 50 heavy (non-hydrogen) atoms. The maximum Gasteiger partial charge on any atom is -0.00199 e. The minimum Gasteiger partial charge on any atom is -0.0610 e. The van der Waals surface area contributed by atoms with Crippen molar-refractivity contribution >= 4 is 97.0 Å². The summed E-state index contributed by atoms with van der Waals surface area (Å²) >= 11 is 0. The minimum absolute atomic E-state index is 1.23. The molecule has 0 aliphatic carbocycles. The van der Waals surface area contributed by atoms with E-state index in [1.54, 1.807) is 0 Å². The molecular formula is C50H28. The lowest BCUT2D eigenvalue weighted by Crippen LogP contribution is -1.90. The van der Waals surface area contributed by atoms with E-state index in [1.807, 2.05) is 0 Å². The third kappa shape index (κ3) is 3.45. The van der Waals surface area contributed by atoms with E-state index in [2.05, 4.69) is 170 Å². The third-order valence-corrected chi connectivity index (χ3v) is 11.5. The Hall–Kier alpha value is -6.50. The fourth-order valence-electron chi connectivity index (χ4n) is 9.30. The van der Waals surface area contributed by atoms with Crippen molar-refractivity contribution in [2.75, 3.05) is 0 Å². The summed E-state index contributed by atoms with van der Waals surface area (Å²) in [4.78, 5) is 0. The van der Waals surface area contributed by atoms with Gasteiger partial charge >= 0.3 is 0 Å². The lowest BCUT2D eigenvalue weighted by atomic mass is 9.86.